The van der Waals surface area contributed by atoms with Crippen molar-refractivity contribution in [1.29, 1.82) is 0 Å². The van der Waals surface area contributed by atoms with Gasteiger partial charge in [0.25, 0.3) is 5.92 Å². The topological polar surface area (TPSA) is 113 Å². The maximum absolute atomic E-state index is 15.1. The second-order valence-electron chi connectivity index (χ2n) is 9.21. The first-order valence-electron chi connectivity index (χ1n) is 11.9. The van der Waals surface area contributed by atoms with Gasteiger partial charge in [0.1, 0.15) is 11.0 Å². The Labute approximate surface area is 223 Å². The minimum atomic E-state index is -3.80. The van der Waals surface area contributed by atoms with E-state index in [1.165, 1.54) is 40.8 Å². The molecule has 1 unspecified atom stereocenters. The van der Waals surface area contributed by atoms with Crippen LogP contribution in [0.25, 0.3) is 0 Å². The molecule has 0 bridgehead atoms. The molecule has 0 aliphatic carbocycles. The van der Waals surface area contributed by atoms with Gasteiger partial charge in [-0.1, -0.05) is 11.6 Å². The summed E-state index contributed by atoms with van der Waals surface area (Å²) in [5, 5.41) is -0.0892. The van der Waals surface area contributed by atoms with E-state index in [9.17, 15) is 13.2 Å². The summed E-state index contributed by atoms with van der Waals surface area (Å²) in [6.45, 7) is 1.13. The van der Waals surface area contributed by atoms with Gasteiger partial charge in [0, 0.05) is 74.4 Å². The molecule has 0 radical (unpaired) electrons. The van der Waals surface area contributed by atoms with E-state index in [0.717, 1.165) is 12.3 Å². The first-order valence-corrected chi connectivity index (χ1v) is 13.7. The number of amides is 1. The molecule has 2 saturated heterocycles. The average molecular weight is 563 g/mol. The van der Waals surface area contributed by atoms with Crippen LogP contribution >= 0.6 is 11.6 Å². The molecule has 200 valence electrons. The lowest BCUT2D eigenvalue weighted by molar-refractivity contribution is -0.117. The fourth-order valence-electron chi connectivity index (χ4n) is 4.63. The number of hydrogen-bond acceptors (Lipinski definition) is 7. The number of nitrogens with two attached hydrogens (primary N) is 1. The predicted molar refractivity (Wildman–Crippen MR) is 139 cm³/mol. The summed E-state index contributed by atoms with van der Waals surface area (Å²) < 4.78 is 58.1. The van der Waals surface area contributed by atoms with Gasteiger partial charge in [-0.05, 0) is 48.5 Å². The lowest BCUT2D eigenvalue weighted by atomic mass is 10.0. The summed E-state index contributed by atoms with van der Waals surface area (Å²) in [4.78, 5) is 23.4. The number of rotatable bonds is 6. The van der Waals surface area contributed by atoms with Crippen molar-refractivity contribution in [3.05, 3.63) is 77.2 Å². The molecule has 2 aliphatic rings. The van der Waals surface area contributed by atoms with E-state index in [4.69, 9.17) is 17.3 Å². The number of sulfonamides is 1. The maximum Gasteiger partial charge on any atom is 0.300 e. The highest BCUT2D eigenvalue weighted by molar-refractivity contribution is 7.89. The van der Waals surface area contributed by atoms with Crippen LogP contribution in [-0.2, 0) is 20.7 Å². The van der Waals surface area contributed by atoms with Gasteiger partial charge in [-0.15, -0.1) is 0 Å². The van der Waals surface area contributed by atoms with Crippen LogP contribution in [0.15, 0.2) is 65.8 Å². The summed E-state index contributed by atoms with van der Waals surface area (Å²) in [5.74, 6) is -3.19. The summed E-state index contributed by atoms with van der Waals surface area (Å²) in [6.07, 6.45) is 2.77. The Balaban J connectivity index is 1.29. The first kappa shape index (κ1) is 26.4. The predicted octanol–water partition coefficient (Wildman–Crippen LogP) is 2.85. The highest BCUT2D eigenvalue weighted by Gasteiger charge is 2.36. The monoisotopic (exact) mass is 562 g/mol. The molecule has 13 heteroatoms. The van der Waals surface area contributed by atoms with Crippen LogP contribution in [0.5, 0.6) is 0 Å². The van der Waals surface area contributed by atoms with E-state index in [0.29, 0.717) is 12.2 Å². The zero-order valence-corrected chi connectivity index (χ0v) is 21.7. The van der Waals surface area contributed by atoms with Crippen LogP contribution in [-0.4, -0.2) is 67.4 Å². The zero-order valence-electron chi connectivity index (χ0n) is 20.2. The first-order chi connectivity index (χ1) is 18.1. The van der Waals surface area contributed by atoms with Crippen molar-refractivity contribution < 1.29 is 22.0 Å². The number of carbonyl (C=O) groups is 1. The molecule has 0 spiro atoms. The third-order valence-electron chi connectivity index (χ3n) is 6.67. The largest absolute Gasteiger partial charge is 0.354 e. The van der Waals surface area contributed by atoms with Gasteiger partial charge in [-0.2, -0.15) is 13.1 Å². The summed E-state index contributed by atoms with van der Waals surface area (Å²) in [5.41, 5.74) is 5.84. The van der Waals surface area contributed by atoms with Gasteiger partial charge < -0.3 is 15.5 Å². The molecule has 1 amide bonds. The smallest absolute Gasteiger partial charge is 0.300 e. The summed E-state index contributed by atoms with van der Waals surface area (Å²) >= 11 is 6.10. The molecule has 0 saturated carbocycles. The van der Waals surface area contributed by atoms with Crippen molar-refractivity contribution in [3.63, 3.8) is 0 Å². The van der Waals surface area contributed by atoms with Crippen molar-refractivity contribution in [2.24, 2.45) is 5.73 Å². The van der Waals surface area contributed by atoms with E-state index >= 15 is 8.78 Å². The van der Waals surface area contributed by atoms with Crippen LogP contribution in [0.4, 0.5) is 20.3 Å². The van der Waals surface area contributed by atoms with Gasteiger partial charge in [-0.25, -0.2) is 13.4 Å². The number of pyridine rings is 2. The van der Waals surface area contributed by atoms with E-state index in [1.54, 1.807) is 21.9 Å². The Kier molecular flexibility index (Phi) is 7.07. The number of piperazine rings is 1. The molecule has 2 fully saturated rings. The Morgan fingerprint density at radius 1 is 1.03 bits per heavy atom. The molecule has 3 aromatic rings. The third kappa shape index (κ3) is 5.08. The van der Waals surface area contributed by atoms with Crippen LogP contribution < -0.4 is 15.5 Å². The molecule has 5 rings (SSSR count). The van der Waals surface area contributed by atoms with E-state index in [2.05, 4.69) is 9.97 Å². The van der Waals surface area contributed by atoms with Gasteiger partial charge in [-0.3, -0.25) is 9.78 Å². The normalized spacial score (nSPS) is 19.3. The zero-order chi connectivity index (χ0) is 27.1. The minimum absolute atomic E-state index is 0.0892. The van der Waals surface area contributed by atoms with E-state index in [-0.39, 0.29) is 71.5 Å². The number of alkyl halides is 2. The summed E-state index contributed by atoms with van der Waals surface area (Å²) in [7, 11) is -3.80. The van der Waals surface area contributed by atoms with Gasteiger partial charge >= 0.3 is 0 Å². The Morgan fingerprint density at radius 2 is 1.74 bits per heavy atom. The lowest BCUT2D eigenvalue weighted by Crippen LogP contribution is -2.49. The van der Waals surface area contributed by atoms with E-state index in [1.807, 2.05) is 0 Å². The molecule has 1 aromatic carbocycles. The molecular weight excluding hydrogens is 538 g/mol. The highest BCUT2D eigenvalue weighted by atomic mass is 35.5. The van der Waals surface area contributed by atoms with Gasteiger partial charge in [0.2, 0.25) is 15.9 Å². The molecule has 1 atom stereocenters. The molecule has 2 aliphatic heterocycles. The van der Waals surface area contributed by atoms with Crippen molar-refractivity contribution >= 4 is 39.0 Å². The Bertz CT molecular complexity index is 1440. The second kappa shape index (κ2) is 10.2. The number of halogens is 3. The fraction of sp³-hybridized carbons (Fsp3) is 0.320. The van der Waals surface area contributed by atoms with Gasteiger partial charge in [0.05, 0.1) is 4.90 Å². The molecule has 2 aromatic heterocycles. The van der Waals surface area contributed by atoms with Crippen molar-refractivity contribution in [1.82, 2.24) is 14.3 Å². The summed E-state index contributed by atoms with van der Waals surface area (Å²) in [6, 6.07) is 11.0. The maximum atomic E-state index is 15.1. The van der Waals surface area contributed by atoms with E-state index < -0.39 is 15.9 Å². The third-order valence-corrected chi connectivity index (χ3v) is 8.78. The van der Waals surface area contributed by atoms with Crippen LogP contribution in [0.2, 0.25) is 5.15 Å². The van der Waals surface area contributed by atoms with Crippen LogP contribution in [0.1, 0.15) is 17.5 Å². The average Bonchev–Trinajstić information content (AvgIpc) is 3.26. The van der Waals surface area contributed by atoms with Crippen LogP contribution in [0, 0.1) is 0 Å². The number of carbonyl (C=O) groups excluding carboxylic acids is 1. The lowest BCUT2D eigenvalue weighted by Gasteiger charge is -2.35. The Hall–Kier alpha value is -3.19. The fourth-order valence-corrected chi connectivity index (χ4v) is 6.26. The van der Waals surface area contributed by atoms with Crippen molar-refractivity contribution in [2.45, 2.75) is 23.3 Å². The molecule has 2 N–H and O–H groups in total. The molecule has 4 heterocycles. The Morgan fingerprint density at radius 3 is 2.34 bits per heavy atom. The van der Waals surface area contributed by atoms with Crippen molar-refractivity contribution in [2.75, 3.05) is 42.5 Å². The SMILES string of the molecule is NC1CC(=O)N(c2ccc(S(=O)(=O)N3CCN(c4cc(C(F)(F)c5cccnc5)cc(Cl)n4)CC3)cc2)C1. The molecule has 9 nitrogen and oxygen atoms in total. The number of nitrogens with zero attached hydrogens (tertiary/aromatic N) is 5. The number of aromatic nitrogens is 2. The number of hydrogen-bond donors (Lipinski definition) is 1. The minimum Gasteiger partial charge on any atom is -0.354 e. The van der Waals surface area contributed by atoms with Gasteiger partial charge in [0.15, 0.2) is 0 Å². The standard InChI is InChI=1S/C25H25ClF2N6O3S/c26-22-12-18(25(27,28)17-2-1-7-30-15-17)13-23(31-22)32-8-10-33(11-9-32)38(36,37)21-5-3-20(4-6-21)34-16-19(29)14-24(34)35/h1-7,12-13,15,19H,8-11,14,16,29H2. The van der Waals surface area contributed by atoms with Crippen LogP contribution in [0.3, 0.4) is 0 Å². The highest BCUT2D eigenvalue weighted by Crippen LogP contribution is 2.37. The number of benzene rings is 1. The quantitative estimate of drug-likeness (QED) is 0.460. The number of anilines is 2. The second-order valence-corrected chi connectivity index (χ2v) is 11.5. The van der Waals surface area contributed by atoms with Crippen molar-refractivity contribution in [3.8, 4) is 0 Å². The molecular formula is C25H25ClF2N6O3S. The molecule has 38 heavy (non-hydrogen) atoms.